The van der Waals surface area contributed by atoms with Crippen LogP contribution in [0.15, 0.2) is 0 Å². The third-order valence-corrected chi connectivity index (χ3v) is 3.31. The fraction of sp³-hybridized carbons (Fsp3) is 0.917. The number of rotatable bonds is 4. The molecule has 0 aromatic rings. The van der Waals surface area contributed by atoms with Crippen LogP contribution in [0.3, 0.4) is 0 Å². The Labute approximate surface area is 87.2 Å². The Kier molecular flexibility index (Phi) is 4.11. The van der Waals surface area contributed by atoms with Gasteiger partial charge in [-0.15, -0.1) is 0 Å². The van der Waals surface area contributed by atoms with Gasteiger partial charge in [0.2, 0.25) is 0 Å². The minimum absolute atomic E-state index is 0.255. The van der Waals surface area contributed by atoms with Gasteiger partial charge in [-0.25, -0.2) is 0 Å². The summed E-state index contributed by atoms with van der Waals surface area (Å²) in [6.45, 7) is 3.98. The highest BCUT2D eigenvalue weighted by molar-refractivity contribution is 5.89. The van der Waals surface area contributed by atoms with Crippen molar-refractivity contribution in [1.29, 1.82) is 0 Å². The second-order valence-corrected chi connectivity index (χ2v) is 4.87. The van der Waals surface area contributed by atoms with E-state index in [1.165, 1.54) is 19.3 Å². The standard InChI is InChI=1S/C12H23NO/c1-3-9-12(2,13)11(14)10-7-5-4-6-8-10/h10H,3-9,13H2,1-2H3. The number of carbonyl (C=O) groups is 1. The molecule has 2 N–H and O–H groups in total. The SMILES string of the molecule is CCCC(C)(N)C(=O)C1CCCCC1. The minimum Gasteiger partial charge on any atom is -0.319 e. The molecule has 0 amide bonds. The maximum atomic E-state index is 12.1. The van der Waals surface area contributed by atoms with Gasteiger partial charge in [-0.2, -0.15) is 0 Å². The predicted molar refractivity (Wildman–Crippen MR) is 59.1 cm³/mol. The lowest BCUT2D eigenvalue weighted by molar-refractivity contribution is -0.128. The normalized spacial score (nSPS) is 23.1. The van der Waals surface area contributed by atoms with E-state index in [1.807, 2.05) is 6.92 Å². The topological polar surface area (TPSA) is 43.1 Å². The second kappa shape index (κ2) is 4.92. The van der Waals surface area contributed by atoms with E-state index in [9.17, 15) is 4.79 Å². The van der Waals surface area contributed by atoms with Crippen molar-refractivity contribution in [1.82, 2.24) is 0 Å². The summed E-state index contributed by atoms with van der Waals surface area (Å²) in [6, 6.07) is 0. The summed E-state index contributed by atoms with van der Waals surface area (Å²) in [7, 11) is 0. The molecular weight excluding hydrogens is 174 g/mol. The van der Waals surface area contributed by atoms with E-state index in [0.717, 1.165) is 25.7 Å². The summed E-state index contributed by atoms with van der Waals surface area (Å²) in [6.07, 6.45) is 7.65. The van der Waals surface area contributed by atoms with Crippen molar-refractivity contribution in [3.63, 3.8) is 0 Å². The van der Waals surface area contributed by atoms with Crippen LogP contribution in [0.25, 0.3) is 0 Å². The molecule has 1 saturated carbocycles. The molecule has 1 rings (SSSR count). The number of carbonyl (C=O) groups excluding carboxylic acids is 1. The van der Waals surface area contributed by atoms with Gasteiger partial charge in [0.1, 0.15) is 0 Å². The number of hydrogen-bond acceptors (Lipinski definition) is 2. The molecule has 1 unspecified atom stereocenters. The Morgan fingerprint density at radius 2 is 1.93 bits per heavy atom. The summed E-state index contributed by atoms with van der Waals surface area (Å²) < 4.78 is 0. The molecule has 0 radical (unpaired) electrons. The molecule has 2 nitrogen and oxygen atoms in total. The van der Waals surface area contributed by atoms with E-state index in [-0.39, 0.29) is 5.92 Å². The fourth-order valence-electron chi connectivity index (χ4n) is 2.47. The molecule has 1 atom stereocenters. The molecule has 1 fully saturated rings. The first kappa shape index (κ1) is 11.7. The molecule has 0 bridgehead atoms. The monoisotopic (exact) mass is 197 g/mol. The Balaban J connectivity index is 2.53. The number of hydrogen-bond donors (Lipinski definition) is 1. The van der Waals surface area contributed by atoms with Crippen LogP contribution in [0.5, 0.6) is 0 Å². The molecule has 82 valence electrons. The molecule has 0 spiro atoms. The minimum atomic E-state index is -0.573. The van der Waals surface area contributed by atoms with Crippen LogP contribution >= 0.6 is 0 Å². The van der Waals surface area contributed by atoms with Crippen LogP contribution < -0.4 is 5.73 Å². The molecule has 0 heterocycles. The summed E-state index contributed by atoms with van der Waals surface area (Å²) >= 11 is 0. The molecule has 14 heavy (non-hydrogen) atoms. The zero-order valence-corrected chi connectivity index (χ0v) is 9.51. The third kappa shape index (κ3) is 2.81. The predicted octanol–water partition coefficient (Wildman–Crippen LogP) is 2.65. The van der Waals surface area contributed by atoms with Gasteiger partial charge in [-0.1, -0.05) is 32.6 Å². The van der Waals surface area contributed by atoms with Gasteiger partial charge in [0.05, 0.1) is 5.54 Å². The smallest absolute Gasteiger partial charge is 0.155 e. The maximum absolute atomic E-state index is 12.1. The highest BCUT2D eigenvalue weighted by Crippen LogP contribution is 2.28. The zero-order chi connectivity index (χ0) is 10.6. The molecule has 0 aliphatic heterocycles. The lowest BCUT2D eigenvalue weighted by atomic mass is 9.77. The maximum Gasteiger partial charge on any atom is 0.155 e. The van der Waals surface area contributed by atoms with E-state index in [2.05, 4.69) is 6.92 Å². The van der Waals surface area contributed by atoms with Gasteiger partial charge in [0, 0.05) is 5.92 Å². The molecule has 0 saturated heterocycles. The number of nitrogens with two attached hydrogens (primary N) is 1. The fourth-order valence-corrected chi connectivity index (χ4v) is 2.47. The number of ketones is 1. The summed E-state index contributed by atoms with van der Waals surface area (Å²) in [5.74, 6) is 0.560. The molecule has 0 aromatic carbocycles. The summed E-state index contributed by atoms with van der Waals surface area (Å²) in [5, 5.41) is 0. The Hall–Kier alpha value is -0.370. The molecule has 2 heteroatoms. The first-order chi connectivity index (χ1) is 6.58. The largest absolute Gasteiger partial charge is 0.319 e. The van der Waals surface area contributed by atoms with Crippen molar-refractivity contribution >= 4 is 5.78 Å². The quantitative estimate of drug-likeness (QED) is 0.753. The first-order valence-corrected chi connectivity index (χ1v) is 5.91. The van der Waals surface area contributed by atoms with Crippen molar-refractivity contribution < 1.29 is 4.79 Å². The highest BCUT2D eigenvalue weighted by Gasteiger charge is 2.33. The second-order valence-electron chi connectivity index (χ2n) is 4.87. The third-order valence-electron chi connectivity index (χ3n) is 3.31. The summed E-state index contributed by atoms with van der Waals surface area (Å²) in [5.41, 5.74) is 5.48. The Bertz CT molecular complexity index is 192. The van der Waals surface area contributed by atoms with Crippen LogP contribution in [0.1, 0.15) is 58.8 Å². The van der Waals surface area contributed by atoms with Gasteiger partial charge in [0.25, 0.3) is 0 Å². The van der Waals surface area contributed by atoms with Crippen molar-refractivity contribution in [2.24, 2.45) is 11.7 Å². The molecule has 1 aliphatic rings. The van der Waals surface area contributed by atoms with Gasteiger partial charge in [-0.3, -0.25) is 4.79 Å². The van der Waals surface area contributed by atoms with Crippen molar-refractivity contribution in [3.8, 4) is 0 Å². The number of Topliss-reactive ketones (excluding diaryl/α,β-unsaturated/α-hetero) is 1. The van der Waals surface area contributed by atoms with Crippen LogP contribution in [0.4, 0.5) is 0 Å². The van der Waals surface area contributed by atoms with E-state index in [1.54, 1.807) is 0 Å². The lowest BCUT2D eigenvalue weighted by Crippen LogP contribution is -2.48. The summed E-state index contributed by atoms with van der Waals surface area (Å²) in [4.78, 5) is 12.1. The van der Waals surface area contributed by atoms with Crippen LogP contribution in [-0.4, -0.2) is 11.3 Å². The van der Waals surface area contributed by atoms with Gasteiger partial charge < -0.3 is 5.73 Å². The van der Waals surface area contributed by atoms with E-state index in [0.29, 0.717) is 5.78 Å². The highest BCUT2D eigenvalue weighted by atomic mass is 16.1. The van der Waals surface area contributed by atoms with Gasteiger partial charge in [-0.05, 0) is 26.2 Å². The van der Waals surface area contributed by atoms with E-state index in [4.69, 9.17) is 5.73 Å². The average molecular weight is 197 g/mol. The van der Waals surface area contributed by atoms with Crippen molar-refractivity contribution in [2.75, 3.05) is 0 Å². The van der Waals surface area contributed by atoms with Crippen molar-refractivity contribution in [3.05, 3.63) is 0 Å². The Morgan fingerprint density at radius 3 is 2.43 bits per heavy atom. The average Bonchev–Trinajstić information content (AvgIpc) is 2.18. The van der Waals surface area contributed by atoms with Crippen molar-refractivity contribution in [2.45, 2.75) is 64.3 Å². The van der Waals surface area contributed by atoms with Crippen LogP contribution in [-0.2, 0) is 4.79 Å². The lowest BCUT2D eigenvalue weighted by Gasteiger charge is -2.30. The molecular formula is C12H23NO. The van der Waals surface area contributed by atoms with E-state index < -0.39 is 5.54 Å². The molecule has 1 aliphatic carbocycles. The zero-order valence-electron chi connectivity index (χ0n) is 9.51. The van der Waals surface area contributed by atoms with Crippen LogP contribution in [0, 0.1) is 5.92 Å². The first-order valence-electron chi connectivity index (χ1n) is 5.91. The van der Waals surface area contributed by atoms with Gasteiger partial charge in [0.15, 0.2) is 5.78 Å². The molecule has 0 aromatic heterocycles. The Morgan fingerprint density at radius 1 is 1.36 bits per heavy atom. The van der Waals surface area contributed by atoms with E-state index >= 15 is 0 Å². The van der Waals surface area contributed by atoms with Crippen LogP contribution in [0.2, 0.25) is 0 Å². The van der Waals surface area contributed by atoms with Gasteiger partial charge >= 0.3 is 0 Å².